The number of nitrogens with one attached hydrogen (secondary N) is 1. The first-order chi connectivity index (χ1) is 13.1. The molecule has 1 aromatic carbocycles. The number of aromatic amines is 1. The van der Waals surface area contributed by atoms with E-state index in [1.54, 1.807) is 41.7 Å². The second-order valence-electron chi connectivity index (χ2n) is 5.97. The number of aromatic nitrogens is 3. The van der Waals surface area contributed by atoms with Crippen molar-refractivity contribution in [3.05, 3.63) is 70.4 Å². The maximum Gasteiger partial charge on any atom is 0.166 e. The Kier molecular flexibility index (Phi) is 4.96. The summed E-state index contributed by atoms with van der Waals surface area (Å²) in [7, 11) is 0. The number of pyridine rings is 1. The molecule has 0 aliphatic rings. The van der Waals surface area contributed by atoms with Crippen molar-refractivity contribution in [1.29, 1.82) is 0 Å². The van der Waals surface area contributed by atoms with E-state index in [1.807, 2.05) is 19.1 Å². The fourth-order valence-electron chi connectivity index (χ4n) is 2.69. The van der Waals surface area contributed by atoms with E-state index in [0.717, 1.165) is 38.1 Å². The third-order valence-corrected chi connectivity index (χ3v) is 6.38. The predicted molar refractivity (Wildman–Crippen MR) is 107 cm³/mol. The van der Waals surface area contributed by atoms with Gasteiger partial charge in [0.05, 0.1) is 11.4 Å². The molecule has 0 saturated carbocycles. The highest BCUT2D eigenvalue weighted by Gasteiger charge is 2.15. The summed E-state index contributed by atoms with van der Waals surface area (Å²) in [5.74, 6) is 0.772. The van der Waals surface area contributed by atoms with Crippen LogP contribution >= 0.6 is 23.1 Å². The van der Waals surface area contributed by atoms with E-state index in [0.29, 0.717) is 11.5 Å². The van der Waals surface area contributed by atoms with E-state index < -0.39 is 0 Å². The van der Waals surface area contributed by atoms with Crippen LogP contribution in [0.15, 0.2) is 59.3 Å². The SMILES string of the molecule is Cc1c(O)csc1CSc1nc(-c2ccncc2)c(-c2ccc(F)cc2)[nH]1. The standard InChI is InChI=1S/C20H16FN3OS2/c1-12-16(25)10-26-17(12)11-27-20-23-18(13-2-4-15(21)5-3-13)19(24-20)14-6-8-22-9-7-14/h2-10,25H,11H2,1H3,(H,23,24). The number of hydrogen-bond donors (Lipinski definition) is 2. The third kappa shape index (κ3) is 3.74. The minimum Gasteiger partial charge on any atom is -0.507 e. The molecule has 0 amide bonds. The smallest absolute Gasteiger partial charge is 0.166 e. The summed E-state index contributed by atoms with van der Waals surface area (Å²) in [6, 6.07) is 10.2. The molecule has 4 rings (SSSR count). The Bertz CT molecular complexity index is 1060. The summed E-state index contributed by atoms with van der Waals surface area (Å²) < 4.78 is 13.3. The van der Waals surface area contributed by atoms with Gasteiger partial charge in [0.15, 0.2) is 5.16 Å². The van der Waals surface area contributed by atoms with Crippen LogP contribution in [-0.4, -0.2) is 20.1 Å². The van der Waals surface area contributed by atoms with Gasteiger partial charge in [0.2, 0.25) is 0 Å². The van der Waals surface area contributed by atoms with Gasteiger partial charge in [-0.1, -0.05) is 11.8 Å². The molecule has 3 heterocycles. The largest absolute Gasteiger partial charge is 0.507 e. The zero-order valence-corrected chi connectivity index (χ0v) is 16.1. The van der Waals surface area contributed by atoms with Gasteiger partial charge in [-0.25, -0.2) is 9.37 Å². The van der Waals surface area contributed by atoms with Gasteiger partial charge in [0, 0.05) is 45.1 Å². The lowest BCUT2D eigenvalue weighted by Gasteiger charge is -2.02. The lowest BCUT2D eigenvalue weighted by atomic mass is 10.1. The number of benzene rings is 1. The van der Waals surface area contributed by atoms with Crippen LogP contribution in [0.2, 0.25) is 0 Å². The fourth-order valence-corrected chi connectivity index (χ4v) is 4.66. The highest BCUT2D eigenvalue weighted by molar-refractivity contribution is 7.98. The number of rotatable bonds is 5. The summed E-state index contributed by atoms with van der Waals surface area (Å²) in [6.45, 7) is 1.91. The third-order valence-electron chi connectivity index (χ3n) is 4.22. The van der Waals surface area contributed by atoms with Gasteiger partial charge < -0.3 is 10.1 Å². The van der Waals surface area contributed by atoms with Crippen molar-refractivity contribution >= 4 is 23.1 Å². The van der Waals surface area contributed by atoms with Gasteiger partial charge in [-0.2, -0.15) is 0 Å². The average Bonchev–Trinajstić information content (AvgIpc) is 3.26. The van der Waals surface area contributed by atoms with E-state index in [2.05, 4.69) is 9.97 Å². The maximum atomic E-state index is 13.3. The molecule has 0 spiro atoms. The molecule has 0 atom stereocenters. The molecule has 0 aliphatic heterocycles. The Labute approximate surface area is 164 Å². The molecule has 136 valence electrons. The van der Waals surface area contributed by atoms with Gasteiger partial charge >= 0.3 is 0 Å². The number of halogens is 1. The minimum atomic E-state index is -0.272. The van der Waals surface area contributed by atoms with Gasteiger partial charge in [0.1, 0.15) is 11.6 Å². The van der Waals surface area contributed by atoms with E-state index in [-0.39, 0.29) is 5.82 Å². The first kappa shape index (κ1) is 17.8. The molecule has 4 nitrogen and oxygen atoms in total. The molecule has 0 radical (unpaired) electrons. The summed E-state index contributed by atoms with van der Waals surface area (Å²) >= 11 is 3.11. The molecule has 0 bridgehead atoms. The topological polar surface area (TPSA) is 61.8 Å². The zero-order chi connectivity index (χ0) is 18.8. The van der Waals surface area contributed by atoms with Crippen molar-refractivity contribution in [3.63, 3.8) is 0 Å². The van der Waals surface area contributed by atoms with Gasteiger partial charge in [-0.05, 0) is 43.3 Å². The molecule has 0 unspecified atom stereocenters. The minimum absolute atomic E-state index is 0.272. The zero-order valence-electron chi connectivity index (χ0n) is 14.4. The van der Waals surface area contributed by atoms with Crippen molar-refractivity contribution in [3.8, 4) is 28.3 Å². The van der Waals surface area contributed by atoms with Gasteiger partial charge in [0.25, 0.3) is 0 Å². The van der Waals surface area contributed by atoms with Crippen molar-refractivity contribution < 1.29 is 9.50 Å². The quantitative estimate of drug-likeness (QED) is 0.428. The number of hydrogen-bond acceptors (Lipinski definition) is 5. The second kappa shape index (κ2) is 7.54. The number of imidazole rings is 1. The van der Waals surface area contributed by atoms with Crippen LogP contribution in [0.3, 0.4) is 0 Å². The number of thiophene rings is 1. The fraction of sp³-hybridized carbons (Fsp3) is 0.100. The summed E-state index contributed by atoms with van der Waals surface area (Å²) in [5, 5.41) is 12.3. The predicted octanol–water partition coefficient (Wildman–Crippen LogP) is 5.65. The molecule has 0 saturated heterocycles. The van der Waals surface area contributed by atoms with Crippen LogP contribution in [0.1, 0.15) is 10.4 Å². The van der Waals surface area contributed by atoms with Crippen LogP contribution in [0, 0.1) is 12.7 Å². The number of H-pyrrole nitrogens is 1. The monoisotopic (exact) mass is 397 g/mol. The number of thioether (sulfide) groups is 1. The molecule has 0 fully saturated rings. The summed E-state index contributed by atoms with van der Waals surface area (Å²) in [4.78, 5) is 13.3. The highest BCUT2D eigenvalue weighted by Crippen LogP contribution is 2.36. The molecule has 4 aromatic rings. The Morgan fingerprint density at radius 3 is 2.52 bits per heavy atom. The van der Waals surface area contributed by atoms with E-state index in [4.69, 9.17) is 4.98 Å². The van der Waals surface area contributed by atoms with Crippen molar-refractivity contribution in [2.24, 2.45) is 0 Å². The lowest BCUT2D eigenvalue weighted by Crippen LogP contribution is -1.84. The van der Waals surface area contributed by atoms with Crippen LogP contribution in [0.25, 0.3) is 22.5 Å². The summed E-state index contributed by atoms with van der Waals surface area (Å²) in [5.41, 5.74) is 4.36. The highest BCUT2D eigenvalue weighted by atomic mass is 32.2. The van der Waals surface area contributed by atoms with Gasteiger partial charge in [-0.3, -0.25) is 4.98 Å². The molecule has 27 heavy (non-hydrogen) atoms. The Hall–Kier alpha value is -2.64. The maximum absolute atomic E-state index is 13.3. The van der Waals surface area contributed by atoms with E-state index in [1.165, 1.54) is 23.5 Å². The number of nitrogens with zero attached hydrogens (tertiary/aromatic N) is 2. The lowest BCUT2D eigenvalue weighted by molar-refractivity contribution is 0.473. The van der Waals surface area contributed by atoms with Crippen LogP contribution in [-0.2, 0) is 5.75 Å². The van der Waals surface area contributed by atoms with E-state index >= 15 is 0 Å². The molecule has 0 aliphatic carbocycles. The Morgan fingerprint density at radius 2 is 1.85 bits per heavy atom. The van der Waals surface area contributed by atoms with E-state index in [9.17, 15) is 9.50 Å². The first-order valence-electron chi connectivity index (χ1n) is 8.27. The Morgan fingerprint density at radius 1 is 1.11 bits per heavy atom. The van der Waals surface area contributed by atoms with Crippen LogP contribution in [0.5, 0.6) is 5.75 Å². The van der Waals surface area contributed by atoms with Crippen molar-refractivity contribution in [2.45, 2.75) is 17.8 Å². The molecular weight excluding hydrogens is 381 g/mol. The second-order valence-corrected chi connectivity index (χ2v) is 7.89. The van der Waals surface area contributed by atoms with Crippen molar-refractivity contribution in [1.82, 2.24) is 15.0 Å². The van der Waals surface area contributed by atoms with Crippen molar-refractivity contribution in [2.75, 3.05) is 0 Å². The van der Waals surface area contributed by atoms with Crippen LogP contribution < -0.4 is 0 Å². The first-order valence-corrected chi connectivity index (χ1v) is 10.1. The molecule has 7 heteroatoms. The molecule has 3 aromatic heterocycles. The molecular formula is C20H16FN3OS2. The normalized spacial score (nSPS) is 11.0. The Balaban J connectivity index is 1.69. The number of aromatic hydroxyl groups is 1. The van der Waals surface area contributed by atoms with Crippen LogP contribution in [0.4, 0.5) is 4.39 Å². The molecule has 2 N–H and O–H groups in total. The average molecular weight is 398 g/mol. The summed E-state index contributed by atoms with van der Waals surface area (Å²) in [6.07, 6.45) is 3.45. The van der Waals surface area contributed by atoms with Gasteiger partial charge in [-0.15, -0.1) is 11.3 Å².